The van der Waals surface area contributed by atoms with Gasteiger partial charge in [-0.05, 0) is 67.9 Å². The van der Waals surface area contributed by atoms with Gasteiger partial charge < -0.3 is 15.2 Å². The maximum Gasteiger partial charge on any atom is 0.331 e. The summed E-state index contributed by atoms with van der Waals surface area (Å²) in [6.07, 6.45) is 4.30. The SMILES string of the molecule is COC(=O)C1(Nc2cccc(Cl)c2)CCC2(CC1)C(C[C@@H](C)CO)=Cc1c2ccc(F)c1F. The van der Waals surface area contributed by atoms with Crippen molar-refractivity contribution < 1.29 is 23.4 Å². The molecule has 33 heavy (non-hydrogen) atoms. The summed E-state index contributed by atoms with van der Waals surface area (Å²) in [5.74, 6) is -2.11. The van der Waals surface area contributed by atoms with Gasteiger partial charge in [0.2, 0.25) is 0 Å². The van der Waals surface area contributed by atoms with Crippen molar-refractivity contribution in [3.8, 4) is 0 Å². The summed E-state index contributed by atoms with van der Waals surface area (Å²) in [6.45, 7) is 1.93. The van der Waals surface area contributed by atoms with E-state index in [4.69, 9.17) is 16.3 Å². The van der Waals surface area contributed by atoms with Crippen LogP contribution in [0.25, 0.3) is 6.08 Å². The number of aliphatic hydroxyl groups is 1. The van der Waals surface area contributed by atoms with E-state index in [2.05, 4.69) is 5.32 Å². The van der Waals surface area contributed by atoms with Gasteiger partial charge in [-0.3, -0.25) is 0 Å². The number of carbonyl (C=O) groups is 1. The Morgan fingerprint density at radius 3 is 2.58 bits per heavy atom. The topological polar surface area (TPSA) is 58.6 Å². The second kappa shape index (κ2) is 9.07. The lowest BCUT2D eigenvalue weighted by atomic mass is 9.61. The first-order valence-corrected chi connectivity index (χ1v) is 11.5. The first kappa shape index (κ1) is 23.7. The first-order chi connectivity index (χ1) is 15.7. The van der Waals surface area contributed by atoms with Gasteiger partial charge in [0.25, 0.3) is 0 Å². The molecule has 1 atom stereocenters. The van der Waals surface area contributed by atoms with Gasteiger partial charge in [0, 0.05) is 28.3 Å². The summed E-state index contributed by atoms with van der Waals surface area (Å²) in [5.41, 5.74) is 1.25. The number of halogens is 3. The van der Waals surface area contributed by atoms with Gasteiger partial charge in [0.05, 0.1) is 7.11 Å². The van der Waals surface area contributed by atoms with Gasteiger partial charge >= 0.3 is 5.97 Å². The fourth-order valence-corrected chi connectivity index (χ4v) is 5.61. The van der Waals surface area contributed by atoms with Gasteiger partial charge in [-0.1, -0.05) is 42.3 Å². The number of aliphatic hydroxyl groups excluding tert-OH is 1. The molecule has 0 bridgehead atoms. The van der Waals surface area contributed by atoms with E-state index in [1.807, 2.05) is 19.1 Å². The molecular weight excluding hydrogens is 448 g/mol. The van der Waals surface area contributed by atoms with Crippen LogP contribution in [0.15, 0.2) is 42.0 Å². The van der Waals surface area contributed by atoms with Crippen LogP contribution < -0.4 is 5.32 Å². The third-order valence-electron chi connectivity index (χ3n) is 7.20. The molecule has 2 aromatic carbocycles. The highest BCUT2D eigenvalue weighted by Crippen LogP contribution is 2.55. The number of rotatable bonds is 6. The van der Waals surface area contributed by atoms with Crippen molar-refractivity contribution in [2.24, 2.45) is 5.92 Å². The quantitative estimate of drug-likeness (QED) is 0.513. The summed E-state index contributed by atoms with van der Waals surface area (Å²) < 4.78 is 33.9. The van der Waals surface area contributed by atoms with E-state index in [-0.39, 0.29) is 24.1 Å². The summed E-state index contributed by atoms with van der Waals surface area (Å²) >= 11 is 6.13. The normalized spacial score (nSPS) is 24.8. The Morgan fingerprint density at radius 2 is 1.94 bits per heavy atom. The number of ether oxygens (including phenoxy) is 1. The molecule has 0 saturated heterocycles. The van der Waals surface area contributed by atoms with Crippen LogP contribution in [0.5, 0.6) is 0 Å². The molecule has 0 radical (unpaired) electrons. The van der Waals surface area contributed by atoms with Gasteiger partial charge in [-0.25, -0.2) is 13.6 Å². The fourth-order valence-electron chi connectivity index (χ4n) is 5.42. The van der Waals surface area contributed by atoms with E-state index in [0.717, 1.165) is 11.1 Å². The fraction of sp³-hybridized carbons (Fsp3) is 0.423. The predicted octanol–water partition coefficient (Wildman–Crippen LogP) is 5.87. The molecule has 2 aromatic rings. The number of benzene rings is 2. The van der Waals surface area contributed by atoms with Gasteiger partial charge in [-0.15, -0.1) is 0 Å². The van der Waals surface area contributed by atoms with Crippen LogP contribution >= 0.6 is 11.6 Å². The molecule has 4 nitrogen and oxygen atoms in total. The Balaban J connectivity index is 1.71. The summed E-state index contributed by atoms with van der Waals surface area (Å²) in [5, 5.41) is 13.5. The lowest BCUT2D eigenvalue weighted by Crippen LogP contribution is -2.52. The second-order valence-electron chi connectivity index (χ2n) is 9.28. The van der Waals surface area contributed by atoms with Crippen LogP contribution in [-0.4, -0.2) is 30.3 Å². The molecule has 0 aromatic heterocycles. The number of methoxy groups -OCH3 is 1. The van der Waals surface area contributed by atoms with Crippen LogP contribution in [0.4, 0.5) is 14.5 Å². The number of hydrogen-bond acceptors (Lipinski definition) is 4. The minimum atomic E-state index is -0.959. The second-order valence-corrected chi connectivity index (χ2v) is 9.71. The Labute approximate surface area is 197 Å². The predicted molar refractivity (Wildman–Crippen MR) is 125 cm³/mol. The van der Waals surface area contributed by atoms with E-state index in [1.54, 1.807) is 24.3 Å². The average Bonchev–Trinajstić information content (AvgIpc) is 3.10. The Hall–Kier alpha value is -2.44. The van der Waals surface area contributed by atoms with Crippen molar-refractivity contribution in [1.82, 2.24) is 0 Å². The zero-order valence-corrected chi connectivity index (χ0v) is 19.5. The molecule has 0 unspecified atom stereocenters. The molecule has 1 saturated carbocycles. The number of allylic oxidation sites excluding steroid dienone is 1. The summed E-state index contributed by atoms with van der Waals surface area (Å²) in [4.78, 5) is 13.0. The van der Waals surface area contributed by atoms with Crippen molar-refractivity contribution in [3.05, 3.63) is 69.8 Å². The Morgan fingerprint density at radius 1 is 1.21 bits per heavy atom. The molecule has 2 N–H and O–H groups in total. The van der Waals surface area contributed by atoms with Crippen LogP contribution in [0, 0.1) is 17.6 Å². The van der Waals surface area contributed by atoms with Crippen LogP contribution in [0.1, 0.15) is 50.2 Å². The molecular formula is C26H28ClF2NO3. The van der Waals surface area contributed by atoms with E-state index in [0.29, 0.717) is 42.8 Å². The molecule has 7 heteroatoms. The highest BCUT2D eigenvalue weighted by atomic mass is 35.5. The lowest BCUT2D eigenvalue weighted by Gasteiger charge is -2.46. The number of anilines is 1. The Bertz CT molecular complexity index is 1090. The van der Waals surface area contributed by atoms with Crippen LogP contribution in [0.3, 0.4) is 0 Å². The first-order valence-electron chi connectivity index (χ1n) is 11.2. The minimum Gasteiger partial charge on any atom is -0.467 e. The maximum absolute atomic E-state index is 14.7. The smallest absolute Gasteiger partial charge is 0.331 e. The van der Waals surface area contributed by atoms with Gasteiger partial charge in [-0.2, -0.15) is 0 Å². The molecule has 4 rings (SSSR count). The monoisotopic (exact) mass is 475 g/mol. The summed E-state index contributed by atoms with van der Waals surface area (Å²) in [6, 6.07) is 10.0. The Kier molecular flexibility index (Phi) is 6.52. The largest absolute Gasteiger partial charge is 0.467 e. The minimum absolute atomic E-state index is 0.00300. The average molecular weight is 476 g/mol. The zero-order chi connectivity index (χ0) is 23.8. The third kappa shape index (κ3) is 4.15. The van der Waals surface area contributed by atoms with Crippen molar-refractivity contribution >= 4 is 29.3 Å². The molecule has 0 amide bonds. The highest BCUT2D eigenvalue weighted by Gasteiger charge is 2.52. The van der Waals surface area contributed by atoms with Crippen molar-refractivity contribution in [1.29, 1.82) is 0 Å². The molecule has 1 fully saturated rings. The lowest BCUT2D eigenvalue weighted by molar-refractivity contribution is -0.147. The highest BCUT2D eigenvalue weighted by molar-refractivity contribution is 6.30. The number of fused-ring (bicyclic) bond motifs is 2. The maximum atomic E-state index is 14.7. The standard InChI is InChI=1S/C26H28ClF2NO3/c1-16(15-31)12-17-13-20-21(6-7-22(28)23(20)29)25(17)8-10-26(11-9-25,24(32)33-2)30-19-5-3-4-18(27)14-19/h3-7,13-14,16,30-31H,8-12,15H2,1-2H3/t16-,25?,26?/m1/s1. The van der Waals surface area contributed by atoms with Crippen molar-refractivity contribution in [2.75, 3.05) is 19.0 Å². The van der Waals surface area contributed by atoms with Crippen LogP contribution in [0.2, 0.25) is 5.02 Å². The molecule has 0 heterocycles. The van der Waals surface area contributed by atoms with Crippen molar-refractivity contribution in [2.45, 2.75) is 50.0 Å². The zero-order valence-electron chi connectivity index (χ0n) is 18.8. The third-order valence-corrected chi connectivity index (χ3v) is 7.44. The number of carbonyl (C=O) groups excluding carboxylic acids is 1. The molecule has 2 aliphatic rings. The van der Waals surface area contributed by atoms with Crippen molar-refractivity contribution in [3.63, 3.8) is 0 Å². The summed E-state index contributed by atoms with van der Waals surface area (Å²) in [7, 11) is 1.37. The molecule has 176 valence electrons. The number of esters is 1. The number of nitrogens with one attached hydrogen (secondary N) is 1. The van der Waals surface area contributed by atoms with E-state index in [1.165, 1.54) is 13.2 Å². The van der Waals surface area contributed by atoms with E-state index in [9.17, 15) is 18.7 Å². The van der Waals surface area contributed by atoms with E-state index < -0.39 is 22.6 Å². The van der Waals surface area contributed by atoms with Crippen LogP contribution in [-0.2, 0) is 14.9 Å². The molecule has 0 aliphatic heterocycles. The van der Waals surface area contributed by atoms with Gasteiger partial charge in [0.15, 0.2) is 11.6 Å². The molecule has 2 aliphatic carbocycles. The van der Waals surface area contributed by atoms with Gasteiger partial charge in [0.1, 0.15) is 5.54 Å². The molecule has 1 spiro atoms. The number of hydrogen-bond donors (Lipinski definition) is 2. The van der Waals surface area contributed by atoms with E-state index >= 15 is 0 Å².